The van der Waals surface area contributed by atoms with Gasteiger partial charge in [0.05, 0.1) is 5.69 Å². The van der Waals surface area contributed by atoms with Gasteiger partial charge in [-0.25, -0.2) is 9.97 Å². The van der Waals surface area contributed by atoms with E-state index in [4.69, 9.17) is 4.98 Å². The average molecular weight is 280 g/mol. The molecule has 108 valence electrons. The SMILES string of the molecule is c1cncc(CN2CCc3cnc(CC4CC4)nc3C2)c1. The first-order valence-electron chi connectivity index (χ1n) is 7.82. The Morgan fingerprint density at radius 3 is 3.00 bits per heavy atom. The molecule has 0 amide bonds. The second kappa shape index (κ2) is 5.53. The van der Waals surface area contributed by atoms with E-state index in [0.29, 0.717) is 0 Å². The van der Waals surface area contributed by atoms with Gasteiger partial charge in [0.15, 0.2) is 0 Å². The minimum atomic E-state index is 0.845. The first kappa shape index (κ1) is 12.9. The highest BCUT2D eigenvalue weighted by atomic mass is 15.1. The molecular formula is C17H20N4. The topological polar surface area (TPSA) is 41.9 Å². The van der Waals surface area contributed by atoms with Crippen LogP contribution in [0.15, 0.2) is 30.7 Å². The van der Waals surface area contributed by atoms with E-state index in [1.165, 1.54) is 29.7 Å². The van der Waals surface area contributed by atoms with Crippen molar-refractivity contribution in [1.29, 1.82) is 0 Å². The number of pyridine rings is 1. The van der Waals surface area contributed by atoms with Crippen LogP contribution in [0.25, 0.3) is 0 Å². The summed E-state index contributed by atoms with van der Waals surface area (Å²) < 4.78 is 0. The minimum absolute atomic E-state index is 0.845. The molecule has 21 heavy (non-hydrogen) atoms. The van der Waals surface area contributed by atoms with E-state index in [2.05, 4.69) is 27.1 Å². The fourth-order valence-corrected chi connectivity index (χ4v) is 2.96. The fraction of sp³-hybridized carbons (Fsp3) is 0.471. The van der Waals surface area contributed by atoms with E-state index in [1.807, 2.05) is 18.5 Å². The van der Waals surface area contributed by atoms with Gasteiger partial charge in [-0.05, 0) is 42.4 Å². The van der Waals surface area contributed by atoms with Gasteiger partial charge in [0.25, 0.3) is 0 Å². The van der Waals surface area contributed by atoms with Gasteiger partial charge in [-0.15, -0.1) is 0 Å². The van der Waals surface area contributed by atoms with E-state index in [0.717, 1.165) is 44.2 Å². The molecule has 0 saturated heterocycles. The molecule has 1 aliphatic carbocycles. The highest BCUT2D eigenvalue weighted by Crippen LogP contribution is 2.32. The van der Waals surface area contributed by atoms with Crippen LogP contribution in [0.1, 0.15) is 35.5 Å². The minimum Gasteiger partial charge on any atom is -0.293 e. The van der Waals surface area contributed by atoms with Crippen molar-refractivity contribution in [3.8, 4) is 0 Å². The molecule has 1 aliphatic heterocycles. The van der Waals surface area contributed by atoms with Crippen molar-refractivity contribution in [3.63, 3.8) is 0 Å². The van der Waals surface area contributed by atoms with Crippen molar-refractivity contribution in [3.05, 3.63) is 53.4 Å². The smallest absolute Gasteiger partial charge is 0.128 e. The molecular weight excluding hydrogens is 260 g/mol. The number of aromatic nitrogens is 3. The Morgan fingerprint density at radius 1 is 1.24 bits per heavy atom. The number of hydrogen-bond donors (Lipinski definition) is 0. The predicted octanol–water partition coefficient (Wildman–Crippen LogP) is 2.38. The van der Waals surface area contributed by atoms with Gasteiger partial charge >= 0.3 is 0 Å². The van der Waals surface area contributed by atoms with E-state index in [-0.39, 0.29) is 0 Å². The largest absolute Gasteiger partial charge is 0.293 e. The van der Waals surface area contributed by atoms with Crippen LogP contribution in [-0.4, -0.2) is 26.4 Å². The Hall–Kier alpha value is -1.81. The highest BCUT2D eigenvalue weighted by molar-refractivity contribution is 5.21. The van der Waals surface area contributed by atoms with Crippen LogP contribution in [0.5, 0.6) is 0 Å². The average Bonchev–Trinajstić information content (AvgIpc) is 3.32. The lowest BCUT2D eigenvalue weighted by Gasteiger charge is -2.27. The quantitative estimate of drug-likeness (QED) is 0.862. The molecule has 4 rings (SSSR count). The summed E-state index contributed by atoms with van der Waals surface area (Å²) in [5.74, 6) is 1.89. The summed E-state index contributed by atoms with van der Waals surface area (Å²) >= 11 is 0. The van der Waals surface area contributed by atoms with Crippen LogP contribution >= 0.6 is 0 Å². The van der Waals surface area contributed by atoms with Gasteiger partial charge in [0, 0.05) is 44.6 Å². The zero-order valence-electron chi connectivity index (χ0n) is 12.2. The van der Waals surface area contributed by atoms with Crippen LogP contribution in [0.3, 0.4) is 0 Å². The Balaban J connectivity index is 1.47. The summed E-state index contributed by atoms with van der Waals surface area (Å²) in [4.78, 5) is 16.0. The molecule has 0 aromatic carbocycles. The third-order valence-electron chi connectivity index (χ3n) is 4.37. The van der Waals surface area contributed by atoms with Crippen molar-refractivity contribution in [2.75, 3.05) is 6.54 Å². The maximum atomic E-state index is 4.82. The molecule has 2 aromatic rings. The summed E-state index contributed by atoms with van der Waals surface area (Å²) in [7, 11) is 0. The van der Waals surface area contributed by atoms with E-state index in [9.17, 15) is 0 Å². The fourth-order valence-electron chi connectivity index (χ4n) is 2.96. The van der Waals surface area contributed by atoms with E-state index in [1.54, 1.807) is 0 Å². The zero-order chi connectivity index (χ0) is 14.1. The molecule has 4 nitrogen and oxygen atoms in total. The predicted molar refractivity (Wildman–Crippen MR) is 80.5 cm³/mol. The van der Waals surface area contributed by atoms with Crippen LogP contribution in [0.2, 0.25) is 0 Å². The molecule has 4 heteroatoms. The van der Waals surface area contributed by atoms with Gasteiger partial charge in [-0.1, -0.05) is 6.07 Å². The van der Waals surface area contributed by atoms with Crippen LogP contribution in [-0.2, 0) is 25.9 Å². The molecule has 0 bridgehead atoms. The number of hydrogen-bond acceptors (Lipinski definition) is 4. The van der Waals surface area contributed by atoms with Gasteiger partial charge < -0.3 is 0 Å². The second-order valence-electron chi connectivity index (χ2n) is 6.23. The molecule has 1 fully saturated rings. The second-order valence-corrected chi connectivity index (χ2v) is 6.23. The molecule has 2 aromatic heterocycles. The lowest BCUT2D eigenvalue weighted by atomic mass is 10.1. The highest BCUT2D eigenvalue weighted by Gasteiger charge is 2.24. The molecule has 1 saturated carbocycles. The van der Waals surface area contributed by atoms with Crippen molar-refractivity contribution >= 4 is 0 Å². The van der Waals surface area contributed by atoms with Gasteiger partial charge in [-0.3, -0.25) is 9.88 Å². The van der Waals surface area contributed by atoms with Gasteiger partial charge in [0.2, 0.25) is 0 Å². The lowest BCUT2D eigenvalue weighted by Crippen LogP contribution is -2.31. The first-order valence-corrected chi connectivity index (χ1v) is 7.82. The molecule has 2 aliphatic rings. The van der Waals surface area contributed by atoms with Crippen LogP contribution in [0.4, 0.5) is 0 Å². The number of rotatable bonds is 4. The molecule has 0 atom stereocenters. The van der Waals surface area contributed by atoms with E-state index >= 15 is 0 Å². The maximum Gasteiger partial charge on any atom is 0.128 e. The normalized spacial score (nSPS) is 18.5. The third kappa shape index (κ3) is 3.10. The Kier molecular flexibility index (Phi) is 3.39. The van der Waals surface area contributed by atoms with Gasteiger partial charge in [-0.2, -0.15) is 0 Å². The van der Waals surface area contributed by atoms with Crippen LogP contribution < -0.4 is 0 Å². The summed E-state index contributed by atoms with van der Waals surface area (Å²) in [5, 5.41) is 0. The van der Waals surface area contributed by atoms with Gasteiger partial charge in [0.1, 0.15) is 5.82 Å². The Morgan fingerprint density at radius 2 is 2.19 bits per heavy atom. The van der Waals surface area contributed by atoms with Crippen molar-refractivity contribution in [2.45, 2.75) is 38.8 Å². The molecule has 0 spiro atoms. The van der Waals surface area contributed by atoms with Crippen molar-refractivity contribution in [2.24, 2.45) is 5.92 Å². The summed E-state index contributed by atoms with van der Waals surface area (Å²) in [6.45, 7) is 2.97. The molecule has 0 N–H and O–H groups in total. The molecule has 3 heterocycles. The summed E-state index contributed by atoms with van der Waals surface area (Å²) in [6.07, 6.45) is 10.7. The third-order valence-corrected chi connectivity index (χ3v) is 4.37. The zero-order valence-corrected chi connectivity index (χ0v) is 12.2. The lowest BCUT2D eigenvalue weighted by molar-refractivity contribution is 0.240. The molecule has 0 radical (unpaired) electrons. The molecule has 0 unspecified atom stereocenters. The maximum absolute atomic E-state index is 4.82. The van der Waals surface area contributed by atoms with Crippen molar-refractivity contribution in [1.82, 2.24) is 19.9 Å². The van der Waals surface area contributed by atoms with Crippen molar-refractivity contribution < 1.29 is 0 Å². The standard InChI is InChI=1S/C17H20N4/c1-2-14(9-18-6-1)11-21-7-5-15-10-19-17(8-13-3-4-13)20-16(15)12-21/h1-2,6,9-10,13H,3-5,7-8,11-12H2. The Labute approximate surface area is 125 Å². The van der Waals surface area contributed by atoms with Crippen LogP contribution in [0, 0.1) is 5.92 Å². The Bertz CT molecular complexity index is 622. The number of fused-ring (bicyclic) bond motifs is 1. The monoisotopic (exact) mass is 280 g/mol. The summed E-state index contributed by atoms with van der Waals surface area (Å²) in [5.41, 5.74) is 3.83. The summed E-state index contributed by atoms with van der Waals surface area (Å²) in [6, 6.07) is 4.14. The van der Waals surface area contributed by atoms with E-state index < -0.39 is 0 Å². The number of nitrogens with zero attached hydrogens (tertiary/aromatic N) is 4. The first-order chi connectivity index (χ1) is 10.4.